The number of rotatable bonds is 6. The molecule has 0 aliphatic heterocycles. The van der Waals surface area contributed by atoms with Gasteiger partial charge in [-0.25, -0.2) is 8.42 Å². The van der Waals surface area contributed by atoms with E-state index in [0.29, 0.717) is 25.0 Å². The predicted molar refractivity (Wildman–Crippen MR) is 92.2 cm³/mol. The van der Waals surface area contributed by atoms with Gasteiger partial charge in [-0.15, -0.1) is 0 Å². The third-order valence-electron chi connectivity index (χ3n) is 4.84. The van der Waals surface area contributed by atoms with Crippen LogP contribution in [0.5, 0.6) is 0 Å². The molecule has 0 atom stereocenters. The van der Waals surface area contributed by atoms with E-state index in [9.17, 15) is 18.1 Å². The van der Waals surface area contributed by atoms with E-state index >= 15 is 0 Å². The lowest BCUT2D eigenvalue weighted by Crippen LogP contribution is -2.49. The quantitative estimate of drug-likeness (QED) is 0.799. The molecule has 0 aromatic heterocycles. The smallest absolute Gasteiger partial charge is 0.124 e. The molecular formula is C19H21O5S-. The maximum atomic E-state index is 11.6. The number of aliphatic hydroxyl groups excluding tert-OH is 1. The summed E-state index contributed by atoms with van der Waals surface area (Å²) in [6.07, 6.45) is 0.903. The molecule has 1 aliphatic rings. The highest BCUT2D eigenvalue weighted by atomic mass is 32.2. The first-order valence-corrected chi connectivity index (χ1v) is 9.58. The van der Waals surface area contributed by atoms with Gasteiger partial charge in [-0.05, 0) is 37.0 Å². The summed E-state index contributed by atoms with van der Waals surface area (Å²) in [5, 5.41) is 9.92. The van der Waals surface area contributed by atoms with Crippen LogP contribution in [-0.4, -0.2) is 30.8 Å². The van der Waals surface area contributed by atoms with E-state index in [0.717, 1.165) is 11.1 Å². The Labute approximate surface area is 148 Å². The minimum atomic E-state index is -4.59. The van der Waals surface area contributed by atoms with Crippen LogP contribution < -0.4 is 0 Å². The molecule has 134 valence electrons. The van der Waals surface area contributed by atoms with Crippen molar-refractivity contribution in [3.8, 4) is 0 Å². The first-order chi connectivity index (χ1) is 11.8. The van der Waals surface area contributed by atoms with E-state index in [4.69, 9.17) is 4.74 Å². The molecule has 1 aliphatic carbocycles. The summed E-state index contributed by atoms with van der Waals surface area (Å²) < 4.78 is 40.6. The highest BCUT2D eigenvalue weighted by Gasteiger charge is 2.47. The van der Waals surface area contributed by atoms with E-state index in [1.807, 2.05) is 37.3 Å². The van der Waals surface area contributed by atoms with Crippen molar-refractivity contribution in [2.24, 2.45) is 0 Å². The highest BCUT2D eigenvalue weighted by Crippen LogP contribution is 2.47. The first-order valence-electron chi connectivity index (χ1n) is 8.17. The Morgan fingerprint density at radius 2 is 1.88 bits per heavy atom. The molecule has 3 rings (SSSR count). The largest absolute Gasteiger partial charge is 0.744 e. The van der Waals surface area contributed by atoms with Crippen LogP contribution in [0.1, 0.15) is 29.5 Å². The number of ether oxygens (including phenoxy) is 1. The Morgan fingerprint density at radius 3 is 2.48 bits per heavy atom. The lowest BCUT2D eigenvalue weighted by molar-refractivity contribution is -0.0720. The van der Waals surface area contributed by atoms with Crippen LogP contribution in [0, 0.1) is 6.92 Å². The van der Waals surface area contributed by atoms with Crippen LogP contribution in [0.4, 0.5) is 0 Å². The average Bonchev–Trinajstić information content (AvgIpc) is 2.54. The Morgan fingerprint density at radius 1 is 1.20 bits per heavy atom. The molecule has 0 spiro atoms. The highest BCUT2D eigenvalue weighted by molar-refractivity contribution is 7.85. The van der Waals surface area contributed by atoms with Crippen molar-refractivity contribution in [2.75, 3.05) is 6.61 Å². The second-order valence-electron chi connectivity index (χ2n) is 6.72. The van der Waals surface area contributed by atoms with Gasteiger partial charge in [0.15, 0.2) is 0 Å². The summed E-state index contributed by atoms with van der Waals surface area (Å²) >= 11 is 0. The Balaban J connectivity index is 1.77. The molecule has 0 amide bonds. The number of hydrogen-bond acceptors (Lipinski definition) is 5. The second kappa shape index (κ2) is 6.88. The van der Waals surface area contributed by atoms with Crippen molar-refractivity contribution in [1.29, 1.82) is 0 Å². The molecular weight excluding hydrogens is 340 g/mol. The minimum absolute atomic E-state index is 0.0740. The van der Waals surface area contributed by atoms with Crippen LogP contribution in [0.15, 0.2) is 53.4 Å². The van der Waals surface area contributed by atoms with Gasteiger partial charge in [0.05, 0.1) is 24.2 Å². The van der Waals surface area contributed by atoms with Crippen molar-refractivity contribution in [1.82, 2.24) is 0 Å². The second-order valence-corrected chi connectivity index (χ2v) is 8.07. The van der Waals surface area contributed by atoms with E-state index in [2.05, 4.69) is 0 Å². The third-order valence-corrected chi connectivity index (χ3v) is 5.74. The number of aryl methyl sites for hydroxylation is 1. The van der Waals surface area contributed by atoms with E-state index in [1.165, 1.54) is 6.07 Å². The van der Waals surface area contributed by atoms with Gasteiger partial charge in [0, 0.05) is 5.41 Å². The van der Waals surface area contributed by atoms with Crippen molar-refractivity contribution in [3.05, 3.63) is 65.2 Å². The fraction of sp³-hybridized carbons (Fsp3) is 0.368. The van der Waals surface area contributed by atoms with Crippen molar-refractivity contribution in [3.63, 3.8) is 0 Å². The monoisotopic (exact) mass is 361 g/mol. The molecule has 0 unspecified atom stereocenters. The van der Waals surface area contributed by atoms with Crippen LogP contribution in [0.2, 0.25) is 0 Å². The van der Waals surface area contributed by atoms with Gasteiger partial charge >= 0.3 is 0 Å². The molecule has 1 fully saturated rings. The molecule has 6 heteroatoms. The zero-order valence-electron chi connectivity index (χ0n) is 14.0. The molecule has 0 heterocycles. The van der Waals surface area contributed by atoms with E-state index in [-0.39, 0.29) is 17.6 Å². The lowest BCUT2D eigenvalue weighted by Gasteiger charge is -2.47. The van der Waals surface area contributed by atoms with Crippen molar-refractivity contribution >= 4 is 10.1 Å². The molecule has 1 saturated carbocycles. The van der Waals surface area contributed by atoms with Crippen LogP contribution in [0.3, 0.4) is 0 Å². The fourth-order valence-electron chi connectivity index (χ4n) is 3.43. The molecule has 2 aromatic carbocycles. The van der Waals surface area contributed by atoms with E-state index in [1.54, 1.807) is 12.1 Å². The van der Waals surface area contributed by atoms with Gasteiger partial charge in [-0.1, -0.05) is 48.0 Å². The Bertz CT molecular complexity index is 839. The average molecular weight is 361 g/mol. The molecule has 5 nitrogen and oxygen atoms in total. The summed E-state index contributed by atoms with van der Waals surface area (Å²) in [4.78, 5) is -0.242. The predicted octanol–water partition coefficient (Wildman–Crippen LogP) is 2.51. The Kier molecular flexibility index (Phi) is 4.97. The van der Waals surface area contributed by atoms with Gasteiger partial charge in [-0.2, -0.15) is 0 Å². The number of benzene rings is 2. The molecule has 0 saturated heterocycles. The standard InChI is InChI=1S/C19H22O5S/c1-14-7-8-18(25(21,22)23)17(9-14)19(13-20)10-16(11-19)24-12-15-5-3-2-4-6-15/h2-9,16,20H,10-13H2,1H3,(H,21,22,23)/p-1. The molecule has 2 aromatic rings. The summed E-state index contributed by atoms with van der Waals surface area (Å²) in [5.74, 6) is 0. The molecule has 1 N–H and O–H groups in total. The summed E-state index contributed by atoms with van der Waals surface area (Å²) in [6, 6.07) is 14.4. The fourth-order valence-corrected chi connectivity index (χ4v) is 4.21. The number of aliphatic hydroxyl groups is 1. The van der Waals surface area contributed by atoms with Gasteiger partial charge < -0.3 is 14.4 Å². The lowest BCUT2D eigenvalue weighted by atomic mass is 9.63. The van der Waals surface area contributed by atoms with Gasteiger partial charge in [-0.3, -0.25) is 0 Å². The third kappa shape index (κ3) is 3.77. The molecule has 25 heavy (non-hydrogen) atoms. The zero-order valence-corrected chi connectivity index (χ0v) is 14.8. The van der Waals surface area contributed by atoms with E-state index < -0.39 is 15.5 Å². The van der Waals surface area contributed by atoms with Crippen LogP contribution in [0.25, 0.3) is 0 Å². The SMILES string of the molecule is Cc1ccc(S(=O)(=O)[O-])c(C2(CO)CC(OCc3ccccc3)C2)c1. The normalized spacial score (nSPS) is 23.2. The van der Waals surface area contributed by atoms with Crippen molar-refractivity contribution < 1.29 is 22.8 Å². The summed E-state index contributed by atoms with van der Waals surface area (Å²) in [7, 11) is -4.59. The number of hydrogen-bond donors (Lipinski definition) is 1. The summed E-state index contributed by atoms with van der Waals surface area (Å²) in [5.41, 5.74) is 1.58. The zero-order chi connectivity index (χ0) is 18.1. The molecule has 0 bridgehead atoms. The topological polar surface area (TPSA) is 86.7 Å². The first kappa shape index (κ1) is 18.1. The Hall–Kier alpha value is -1.73. The maximum Gasteiger partial charge on any atom is 0.124 e. The van der Waals surface area contributed by atoms with Crippen LogP contribution in [-0.2, 0) is 26.9 Å². The van der Waals surface area contributed by atoms with Crippen LogP contribution >= 0.6 is 0 Å². The van der Waals surface area contributed by atoms with Gasteiger partial charge in [0.25, 0.3) is 0 Å². The minimum Gasteiger partial charge on any atom is -0.744 e. The van der Waals surface area contributed by atoms with Gasteiger partial charge in [0.2, 0.25) is 0 Å². The molecule has 0 radical (unpaired) electrons. The van der Waals surface area contributed by atoms with Crippen molar-refractivity contribution in [2.45, 2.75) is 42.8 Å². The summed E-state index contributed by atoms with van der Waals surface area (Å²) in [6.45, 7) is 2.08. The van der Waals surface area contributed by atoms with Gasteiger partial charge in [0.1, 0.15) is 10.1 Å². The maximum absolute atomic E-state index is 11.6.